The predicted octanol–water partition coefficient (Wildman–Crippen LogP) is 3.03. The summed E-state index contributed by atoms with van der Waals surface area (Å²) in [5.41, 5.74) is 4.05. The van der Waals surface area contributed by atoms with E-state index in [1.54, 1.807) is 0 Å². The molecule has 0 aliphatic carbocycles. The van der Waals surface area contributed by atoms with Gasteiger partial charge in [-0.1, -0.05) is 19.1 Å². The van der Waals surface area contributed by atoms with Crippen LogP contribution in [0.4, 0.5) is 0 Å². The number of hydrogen-bond donors (Lipinski definition) is 1. The Morgan fingerprint density at radius 1 is 1.10 bits per heavy atom. The highest BCUT2D eigenvalue weighted by molar-refractivity contribution is 5.79. The van der Waals surface area contributed by atoms with Gasteiger partial charge in [-0.25, -0.2) is 0 Å². The lowest BCUT2D eigenvalue weighted by atomic mass is 10.0. The summed E-state index contributed by atoms with van der Waals surface area (Å²) >= 11 is 0. The number of aryl methyl sites for hydroxylation is 1. The zero-order chi connectivity index (χ0) is 14.7. The molecule has 2 heterocycles. The Morgan fingerprint density at radius 2 is 2.00 bits per heavy atom. The standard InChI is InChI=1S/C17H18N4/c1-3-18-17(16-11-20-12(2)10-21-16)14-6-7-15-13(9-14)5-4-8-19-15/h4-11,17-18H,3H2,1-2H3. The highest BCUT2D eigenvalue weighted by atomic mass is 14.9. The van der Waals surface area contributed by atoms with E-state index in [2.05, 4.69) is 51.5 Å². The Kier molecular flexibility index (Phi) is 3.88. The van der Waals surface area contributed by atoms with Crippen LogP contribution in [0, 0.1) is 6.92 Å². The van der Waals surface area contributed by atoms with Gasteiger partial charge < -0.3 is 5.32 Å². The monoisotopic (exact) mass is 278 g/mol. The fourth-order valence-electron chi connectivity index (χ4n) is 2.42. The number of rotatable bonds is 4. The Morgan fingerprint density at radius 3 is 2.76 bits per heavy atom. The molecule has 1 N–H and O–H groups in total. The maximum atomic E-state index is 4.51. The van der Waals surface area contributed by atoms with Gasteiger partial charge >= 0.3 is 0 Å². The average Bonchev–Trinajstić information content (AvgIpc) is 2.53. The van der Waals surface area contributed by atoms with Crippen molar-refractivity contribution in [2.24, 2.45) is 0 Å². The van der Waals surface area contributed by atoms with Gasteiger partial charge in [0.05, 0.1) is 29.1 Å². The van der Waals surface area contributed by atoms with Crippen LogP contribution in [0.15, 0.2) is 48.9 Å². The molecule has 0 fully saturated rings. The van der Waals surface area contributed by atoms with Crippen LogP contribution in [-0.4, -0.2) is 21.5 Å². The molecule has 0 aliphatic rings. The van der Waals surface area contributed by atoms with E-state index in [-0.39, 0.29) is 6.04 Å². The van der Waals surface area contributed by atoms with E-state index in [1.807, 2.05) is 31.6 Å². The first-order valence-corrected chi connectivity index (χ1v) is 7.14. The minimum atomic E-state index is 0.0488. The first kappa shape index (κ1) is 13.6. The van der Waals surface area contributed by atoms with Crippen molar-refractivity contribution >= 4 is 10.9 Å². The number of fused-ring (bicyclic) bond motifs is 1. The summed E-state index contributed by atoms with van der Waals surface area (Å²) in [4.78, 5) is 13.2. The van der Waals surface area contributed by atoms with Crippen LogP contribution in [0.25, 0.3) is 10.9 Å². The van der Waals surface area contributed by atoms with Gasteiger partial charge in [0, 0.05) is 17.8 Å². The SMILES string of the molecule is CCNC(c1ccc2ncccc2c1)c1cnc(C)cn1. The molecule has 1 aromatic carbocycles. The largest absolute Gasteiger partial charge is 0.305 e. The minimum Gasteiger partial charge on any atom is -0.305 e. The van der Waals surface area contributed by atoms with Crippen molar-refractivity contribution in [2.45, 2.75) is 19.9 Å². The number of nitrogens with one attached hydrogen (secondary N) is 1. The Balaban J connectivity index is 2.04. The molecule has 0 saturated carbocycles. The molecule has 1 unspecified atom stereocenters. The second-order valence-electron chi connectivity index (χ2n) is 5.03. The molecule has 0 radical (unpaired) electrons. The molecule has 0 bridgehead atoms. The van der Waals surface area contributed by atoms with Gasteiger partial charge in [0.15, 0.2) is 0 Å². The van der Waals surface area contributed by atoms with Crippen molar-refractivity contribution in [1.82, 2.24) is 20.3 Å². The third-order valence-electron chi connectivity index (χ3n) is 3.47. The summed E-state index contributed by atoms with van der Waals surface area (Å²) in [6, 6.07) is 10.4. The lowest BCUT2D eigenvalue weighted by molar-refractivity contribution is 0.612. The van der Waals surface area contributed by atoms with Gasteiger partial charge in [0.25, 0.3) is 0 Å². The van der Waals surface area contributed by atoms with Crippen molar-refractivity contribution in [3.8, 4) is 0 Å². The molecule has 0 amide bonds. The van der Waals surface area contributed by atoms with E-state index in [0.29, 0.717) is 0 Å². The van der Waals surface area contributed by atoms with Crippen molar-refractivity contribution in [1.29, 1.82) is 0 Å². The Bertz CT molecular complexity index is 737. The Hall–Kier alpha value is -2.33. The van der Waals surface area contributed by atoms with Crippen molar-refractivity contribution < 1.29 is 0 Å². The van der Waals surface area contributed by atoms with Crippen LogP contribution < -0.4 is 5.32 Å². The van der Waals surface area contributed by atoms with Gasteiger partial charge in [-0.05, 0) is 37.2 Å². The normalized spacial score (nSPS) is 12.5. The first-order valence-electron chi connectivity index (χ1n) is 7.14. The molecule has 0 saturated heterocycles. The molecule has 0 aliphatic heterocycles. The predicted molar refractivity (Wildman–Crippen MR) is 84.0 cm³/mol. The van der Waals surface area contributed by atoms with Crippen molar-refractivity contribution in [2.75, 3.05) is 6.54 Å². The zero-order valence-electron chi connectivity index (χ0n) is 12.2. The van der Waals surface area contributed by atoms with Crippen molar-refractivity contribution in [3.63, 3.8) is 0 Å². The average molecular weight is 278 g/mol. The summed E-state index contributed by atoms with van der Waals surface area (Å²) in [5, 5.41) is 4.61. The topological polar surface area (TPSA) is 50.7 Å². The highest BCUT2D eigenvalue weighted by Gasteiger charge is 2.15. The molecule has 106 valence electrons. The van der Waals surface area contributed by atoms with Crippen molar-refractivity contribution in [3.05, 3.63) is 65.9 Å². The molecule has 3 aromatic rings. The number of pyridine rings is 1. The summed E-state index contributed by atoms with van der Waals surface area (Å²) < 4.78 is 0. The van der Waals surface area contributed by atoms with Crippen LogP contribution in [0.1, 0.15) is 29.9 Å². The molecule has 3 rings (SSSR count). The van der Waals surface area contributed by atoms with Crippen LogP contribution in [-0.2, 0) is 0 Å². The third kappa shape index (κ3) is 2.90. The maximum absolute atomic E-state index is 4.51. The van der Waals surface area contributed by atoms with E-state index < -0.39 is 0 Å². The summed E-state index contributed by atoms with van der Waals surface area (Å²) in [7, 11) is 0. The number of benzene rings is 1. The van der Waals surface area contributed by atoms with Gasteiger partial charge in [-0.15, -0.1) is 0 Å². The third-order valence-corrected chi connectivity index (χ3v) is 3.47. The first-order chi connectivity index (χ1) is 10.3. The smallest absolute Gasteiger partial charge is 0.0801 e. The zero-order valence-corrected chi connectivity index (χ0v) is 12.2. The highest BCUT2D eigenvalue weighted by Crippen LogP contribution is 2.23. The lowest BCUT2D eigenvalue weighted by Crippen LogP contribution is -2.23. The quantitative estimate of drug-likeness (QED) is 0.797. The van der Waals surface area contributed by atoms with Crippen LogP contribution in [0.3, 0.4) is 0 Å². The minimum absolute atomic E-state index is 0.0488. The van der Waals surface area contributed by atoms with Crippen LogP contribution in [0.2, 0.25) is 0 Å². The molecular weight excluding hydrogens is 260 g/mol. The van der Waals surface area contributed by atoms with E-state index >= 15 is 0 Å². The molecule has 21 heavy (non-hydrogen) atoms. The van der Waals surface area contributed by atoms with E-state index in [9.17, 15) is 0 Å². The molecule has 2 aromatic heterocycles. The summed E-state index contributed by atoms with van der Waals surface area (Å²) in [6.45, 7) is 4.91. The summed E-state index contributed by atoms with van der Waals surface area (Å²) in [6.07, 6.45) is 5.47. The molecule has 1 atom stereocenters. The fraction of sp³-hybridized carbons (Fsp3) is 0.235. The maximum Gasteiger partial charge on any atom is 0.0801 e. The van der Waals surface area contributed by atoms with Gasteiger partial charge in [-0.2, -0.15) is 0 Å². The van der Waals surface area contributed by atoms with Gasteiger partial charge in [-0.3, -0.25) is 15.0 Å². The number of nitrogens with zero attached hydrogens (tertiary/aromatic N) is 3. The fourth-order valence-corrected chi connectivity index (χ4v) is 2.42. The lowest BCUT2D eigenvalue weighted by Gasteiger charge is -2.18. The number of hydrogen-bond acceptors (Lipinski definition) is 4. The van der Waals surface area contributed by atoms with Crippen LogP contribution >= 0.6 is 0 Å². The van der Waals surface area contributed by atoms with Gasteiger partial charge in [0.2, 0.25) is 0 Å². The second kappa shape index (κ2) is 5.97. The molecule has 4 heteroatoms. The van der Waals surface area contributed by atoms with E-state index in [0.717, 1.165) is 28.8 Å². The van der Waals surface area contributed by atoms with Crippen LogP contribution in [0.5, 0.6) is 0 Å². The number of aromatic nitrogens is 3. The summed E-state index contributed by atoms with van der Waals surface area (Å²) in [5.74, 6) is 0. The molecule has 0 spiro atoms. The second-order valence-corrected chi connectivity index (χ2v) is 5.03. The molecule has 4 nitrogen and oxygen atoms in total. The van der Waals surface area contributed by atoms with E-state index in [1.165, 1.54) is 5.56 Å². The molecular formula is C17H18N4. The van der Waals surface area contributed by atoms with E-state index in [4.69, 9.17) is 0 Å². The Labute approximate surface area is 124 Å². The van der Waals surface area contributed by atoms with Gasteiger partial charge in [0.1, 0.15) is 0 Å².